The van der Waals surface area contributed by atoms with Crippen LogP contribution in [0.5, 0.6) is 0 Å². The van der Waals surface area contributed by atoms with Crippen molar-refractivity contribution in [2.24, 2.45) is 0 Å². The van der Waals surface area contributed by atoms with Crippen molar-refractivity contribution >= 4 is 5.91 Å². The predicted octanol–water partition coefficient (Wildman–Crippen LogP) is 1.90. The molecule has 0 aliphatic carbocycles. The van der Waals surface area contributed by atoms with Crippen molar-refractivity contribution in [1.82, 2.24) is 20.3 Å². The van der Waals surface area contributed by atoms with Crippen molar-refractivity contribution in [2.45, 2.75) is 6.54 Å². The van der Waals surface area contributed by atoms with Crippen LogP contribution in [-0.2, 0) is 6.54 Å². The zero-order valence-corrected chi connectivity index (χ0v) is 12.5. The van der Waals surface area contributed by atoms with Crippen LogP contribution in [-0.4, -0.2) is 20.9 Å². The lowest BCUT2D eigenvalue weighted by atomic mass is 10.1. The summed E-state index contributed by atoms with van der Waals surface area (Å²) >= 11 is 0. The van der Waals surface area contributed by atoms with Gasteiger partial charge >= 0.3 is 5.69 Å². The highest BCUT2D eigenvalue weighted by atomic mass is 19.1. The third-order valence-corrected chi connectivity index (χ3v) is 3.29. The van der Waals surface area contributed by atoms with E-state index in [9.17, 15) is 14.0 Å². The van der Waals surface area contributed by atoms with E-state index in [0.717, 1.165) is 0 Å². The molecule has 24 heavy (non-hydrogen) atoms. The summed E-state index contributed by atoms with van der Waals surface area (Å²) in [5.74, 6) is -0.847. The van der Waals surface area contributed by atoms with E-state index in [0.29, 0.717) is 17.0 Å². The number of rotatable bonds is 4. The Morgan fingerprint density at radius 1 is 1.17 bits per heavy atom. The molecule has 3 aromatic rings. The first-order valence-electron chi connectivity index (χ1n) is 7.17. The molecule has 2 heterocycles. The fraction of sp³-hybridized carbons (Fsp3) is 0.0588. The van der Waals surface area contributed by atoms with E-state index in [-0.39, 0.29) is 12.2 Å². The van der Waals surface area contributed by atoms with Crippen molar-refractivity contribution in [3.63, 3.8) is 0 Å². The normalized spacial score (nSPS) is 10.4. The second-order valence-electron chi connectivity index (χ2n) is 5.00. The molecular formula is C17H13FN4O2. The van der Waals surface area contributed by atoms with Gasteiger partial charge in [-0.15, -0.1) is 0 Å². The van der Waals surface area contributed by atoms with Crippen molar-refractivity contribution in [2.75, 3.05) is 0 Å². The van der Waals surface area contributed by atoms with Crippen LogP contribution in [0.15, 0.2) is 59.5 Å². The van der Waals surface area contributed by atoms with Crippen molar-refractivity contribution < 1.29 is 9.18 Å². The maximum absolute atomic E-state index is 13.0. The highest BCUT2D eigenvalue weighted by molar-refractivity contribution is 5.93. The van der Waals surface area contributed by atoms with Crippen LogP contribution in [0.2, 0.25) is 0 Å². The zero-order valence-electron chi connectivity index (χ0n) is 12.5. The third-order valence-electron chi connectivity index (χ3n) is 3.29. The van der Waals surface area contributed by atoms with E-state index >= 15 is 0 Å². The van der Waals surface area contributed by atoms with E-state index in [4.69, 9.17) is 0 Å². The Hall–Kier alpha value is -3.35. The molecule has 120 valence electrons. The van der Waals surface area contributed by atoms with Crippen molar-refractivity contribution in [3.05, 3.63) is 82.4 Å². The number of hydrogen-bond acceptors (Lipinski definition) is 4. The van der Waals surface area contributed by atoms with Crippen LogP contribution in [0, 0.1) is 5.82 Å². The summed E-state index contributed by atoms with van der Waals surface area (Å²) in [5.41, 5.74) is 0.953. The molecule has 0 fully saturated rings. The molecule has 0 atom stereocenters. The van der Waals surface area contributed by atoms with Gasteiger partial charge in [0, 0.05) is 11.8 Å². The van der Waals surface area contributed by atoms with Crippen LogP contribution in [0.1, 0.15) is 16.2 Å². The second-order valence-corrected chi connectivity index (χ2v) is 5.00. The first-order chi connectivity index (χ1) is 11.6. The van der Waals surface area contributed by atoms with Gasteiger partial charge < -0.3 is 10.3 Å². The molecule has 3 rings (SSSR count). The van der Waals surface area contributed by atoms with Gasteiger partial charge in [0.05, 0.1) is 17.9 Å². The number of aromatic amines is 1. The van der Waals surface area contributed by atoms with Crippen LogP contribution >= 0.6 is 0 Å². The minimum Gasteiger partial charge on any atom is -0.345 e. The topological polar surface area (TPSA) is 87.7 Å². The Bertz CT molecular complexity index is 908. The van der Waals surface area contributed by atoms with Gasteiger partial charge in [-0.3, -0.25) is 9.78 Å². The second kappa shape index (κ2) is 6.82. The third kappa shape index (κ3) is 3.70. The summed E-state index contributed by atoms with van der Waals surface area (Å²) in [7, 11) is 0. The average Bonchev–Trinajstić information content (AvgIpc) is 2.60. The molecule has 6 nitrogen and oxygen atoms in total. The lowest BCUT2D eigenvalue weighted by Crippen LogP contribution is -2.27. The quantitative estimate of drug-likeness (QED) is 0.767. The molecule has 0 unspecified atom stereocenters. The first kappa shape index (κ1) is 15.5. The Morgan fingerprint density at radius 2 is 1.96 bits per heavy atom. The fourth-order valence-corrected chi connectivity index (χ4v) is 2.12. The minimum absolute atomic E-state index is 0.0743. The van der Waals surface area contributed by atoms with E-state index in [1.807, 2.05) is 6.07 Å². The molecule has 2 aromatic heterocycles. The molecule has 0 saturated heterocycles. The van der Waals surface area contributed by atoms with Crippen LogP contribution < -0.4 is 11.0 Å². The van der Waals surface area contributed by atoms with E-state index in [2.05, 4.69) is 20.3 Å². The van der Waals surface area contributed by atoms with Gasteiger partial charge in [0.15, 0.2) is 0 Å². The van der Waals surface area contributed by atoms with Gasteiger partial charge in [-0.1, -0.05) is 6.07 Å². The molecule has 0 bridgehead atoms. The monoisotopic (exact) mass is 324 g/mol. The summed E-state index contributed by atoms with van der Waals surface area (Å²) in [6.45, 7) is 0.232. The maximum Gasteiger partial charge on any atom is 0.346 e. The maximum atomic E-state index is 13.0. The van der Waals surface area contributed by atoms with E-state index in [1.54, 1.807) is 18.3 Å². The summed E-state index contributed by atoms with van der Waals surface area (Å²) in [6.07, 6.45) is 1.63. The molecule has 0 aliphatic heterocycles. The summed E-state index contributed by atoms with van der Waals surface area (Å²) < 4.78 is 13.0. The highest BCUT2D eigenvalue weighted by Gasteiger charge is 2.11. The van der Waals surface area contributed by atoms with Gasteiger partial charge in [0.1, 0.15) is 11.5 Å². The number of aromatic nitrogens is 3. The molecule has 0 aliphatic rings. The Kier molecular flexibility index (Phi) is 4.42. The smallest absolute Gasteiger partial charge is 0.345 e. The highest BCUT2D eigenvalue weighted by Crippen LogP contribution is 2.16. The first-order valence-corrected chi connectivity index (χ1v) is 7.17. The Labute approximate surface area is 136 Å². The molecule has 2 N–H and O–H groups in total. The van der Waals surface area contributed by atoms with Gasteiger partial charge in [-0.05, 0) is 42.5 Å². The van der Waals surface area contributed by atoms with Gasteiger partial charge in [-0.2, -0.15) is 4.98 Å². The number of nitrogens with one attached hydrogen (secondary N) is 2. The number of amides is 1. The summed E-state index contributed by atoms with van der Waals surface area (Å²) in [6, 6.07) is 12.3. The number of H-pyrrole nitrogens is 1. The van der Waals surface area contributed by atoms with Gasteiger partial charge in [-0.25, -0.2) is 9.18 Å². The van der Waals surface area contributed by atoms with Crippen molar-refractivity contribution in [3.8, 4) is 11.3 Å². The number of nitrogens with zero attached hydrogens (tertiary/aromatic N) is 2. The zero-order chi connectivity index (χ0) is 16.9. The lowest BCUT2D eigenvalue weighted by Gasteiger charge is -2.06. The standard InChI is InChI=1S/C17H13FN4O2/c18-12-6-4-11(5-7-12)14-9-15(22-17(24)21-14)16(23)20-10-13-3-1-2-8-19-13/h1-9H,10H2,(H,20,23)(H,21,22,24). The summed E-state index contributed by atoms with van der Waals surface area (Å²) in [5, 5.41) is 2.67. The van der Waals surface area contributed by atoms with Crippen LogP contribution in [0.25, 0.3) is 11.3 Å². The molecule has 0 radical (unpaired) electrons. The number of hydrogen-bond donors (Lipinski definition) is 2. The Balaban J connectivity index is 1.81. The molecule has 1 aromatic carbocycles. The Morgan fingerprint density at radius 3 is 2.67 bits per heavy atom. The van der Waals surface area contributed by atoms with E-state index < -0.39 is 17.4 Å². The molecule has 0 saturated carbocycles. The van der Waals surface area contributed by atoms with E-state index in [1.165, 1.54) is 30.3 Å². The number of carbonyl (C=O) groups is 1. The van der Waals surface area contributed by atoms with Gasteiger partial charge in [0.25, 0.3) is 5.91 Å². The van der Waals surface area contributed by atoms with Gasteiger partial charge in [0.2, 0.25) is 0 Å². The minimum atomic E-state index is -0.653. The number of halogens is 1. The summed E-state index contributed by atoms with van der Waals surface area (Å²) in [4.78, 5) is 34.2. The predicted molar refractivity (Wildman–Crippen MR) is 85.7 cm³/mol. The molecule has 1 amide bonds. The molecule has 7 heteroatoms. The van der Waals surface area contributed by atoms with Crippen LogP contribution in [0.3, 0.4) is 0 Å². The van der Waals surface area contributed by atoms with Crippen LogP contribution in [0.4, 0.5) is 4.39 Å². The average molecular weight is 324 g/mol. The number of pyridine rings is 1. The molecule has 0 spiro atoms. The largest absolute Gasteiger partial charge is 0.346 e. The lowest BCUT2D eigenvalue weighted by molar-refractivity contribution is 0.0945. The molecular weight excluding hydrogens is 311 g/mol. The number of carbonyl (C=O) groups excluding carboxylic acids is 1. The fourth-order valence-electron chi connectivity index (χ4n) is 2.12. The SMILES string of the molecule is O=C(NCc1ccccn1)c1cc(-c2ccc(F)cc2)nc(=O)[nH]1. The number of benzene rings is 1. The van der Waals surface area contributed by atoms with Crippen molar-refractivity contribution in [1.29, 1.82) is 0 Å².